The molecule has 0 aliphatic carbocycles. The van der Waals surface area contributed by atoms with Crippen molar-refractivity contribution in [3.63, 3.8) is 0 Å². The van der Waals surface area contributed by atoms with Gasteiger partial charge in [-0.2, -0.15) is 0 Å². The zero-order valence-electron chi connectivity index (χ0n) is 6.80. The molecule has 1 rings (SSSR count). The van der Waals surface area contributed by atoms with E-state index >= 15 is 0 Å². The van der Waals surface area contributed by atoms with E-state index in [1.54, 1.807) is 0 Å². The van der Waals surface area contributed by atoms with Gasteiger partial charge in [-0.15, -0.1) is 11.8 Å². The molecule has 0 aromatic rings. The summed E-state index contributed by atoms with van der Waals surface area (Å²) in [5.74, 6) is -0.500. The van der Waals surface area contributed by atoms with E-state index in [0.29, 0.717) is 11.5 Å². The van der Waals surface area contributed by atoms with E-state index in [2.05, 4.69) is 0 Å². The summed E-state index contributed by atoms with van der Waals surface area (Å²) in [5.41, 5.74) is 0. The van der Waals surface area contributed by atoms with Crippen LogP contribution in [0.15, 0.2) is 9.94 Å². The second-order valence-corrected chi connectivity index (χ2v) is 3.30. The molecule has 1 heterocycles. The quantitative estimate of drug-likeness (QED) is 0.662. The van der Waals surface area contributed by atoms with E-state index in [-0.39, 0.29) is 5.03 Å². The maximum Gasteiger partial charge on any atom is 0.353 e. The average Bonchev–Trinajstić information content (AvgIpc) is 2.29. The van der Waals surface area contributed by atoms with Gasteiger partial charge in [0.15, 0.2) is 0 Å². The fraction of sp³-hybridized carbons (Fsp3) is 0.571. The van der Waals surface area contributed by atoms with Gasteiger partial charge in [0.2, 0.25) is 6.29 Å². The molecule has 1 aliphatic heterocycles. The van der Waals surface area contributed by atoms with E-state index in [1.807, 2.05) is 13.2 Å². The predicted molar refractivity (Wildman–Crippen MR) is 47.9 cm³/mol. The summed E-state index contributed by atoms with van der Waals surface area (Å²) in [4.78, 5) is 11.6. The molecular weight excluding hydrogens is 200 g/mol. The Bertz CT molecular complexity index is 227. The van der Waals surface area contributed by atoms with Crippen molar-refractivity contribution in [2.45, 2.75) is 13.2 Å². The summed E-state index contributed by atoms with van der Waals surface area (Å²) < 4.78 is 9.97. The van der Waals surface area contributed by atoms with Gasteiger partial charge >= 0.3 is 5.97 Å². The molecule has 1 atom stereocenters. The average molecular weight is 209 g/mol. The van der Waals surface area contributed by atoms with Gasteiger partial charge in [0.25, 0.3) is 0 Å². The fourth-order valence-electron chi connectivity index (χ4n) is 0.853. The topological polar surface area (TPSA) is 35.5 Å². The number of halogens is 1. The molecule has 68 valence electrons. The molecular formula is C7H9ClO3S. The second kappa shape index (κ2) is 4.16. The van der Waals surface area contributed by atoms with E-state index in [0.717, 1.165) is 0 Å². The van der Waals surface area contributed by atoms with Gasteiger partial charge in [0.05, 0.1) is 4.91 Å². The largest absolute Gasteiger partial charge is 0.426 e. The van der Waals surface area contributed by atoms with Gasteiger partial charge in [-0.1, -0.05) is 11.6 Å². The molecule has 0 aromatic carbocycles. The van der Waals surface area contributed by atoms with Crippen molar-refractivity contribution in [2.24, 2.45) is 0 Å². The normalized spacial score (nSPS) is 23.2. The molecule has 0 amide bonds. The lowest BCUT2D eigenvalue weighted by Gasteiger charge is -2.10. The number of hydrogen-bond donors (Lipinski definition) is 0. The van der Waals surface area contributed by atoms with E-state index in [1.165, 1.54) is 11.8 Å². The fourth-order valence-corrected chi connectivity index (χ4v) is 1.79. The zero-order chi connectivity index (χ0) is 9.14. The highest BCUT2D eigenvalue weighted by atomic mass is 35.5. The van der Waals surface area contributed by atoms with E-state index < -0.39 is 12.3 Å². The van der Waals surface area contributed by atoms with Crippen LogP contribution in [0.1, 0.15) is 6.92 Å². The Balaban J connectivity index is 2.75. The first kappa shape index (κ1) is 9.89. The van der Waals surface area contributed by atoms with Crippen LogP contribution >= 0.6 is 23.4 Å². The zero-order valence-corrected chi connectivity index (χ0v) is 8.37. The molecule has 0 bridgehead atoms. The van der Waals surface area contributed by atoms with Gasteiger partial charge in [0.1, 0.15) is 5.03 Å². The lowest BCUT2D eigenvalue weighted by atomic mass is 10.5. The molecule has 0 radical (unpaired) electrons. The summed E-state index contributed by atoms with van der Waals surface area (Å²) in [5, 5.41) is 0.140. The van der Waals surface area contributed by atoms with Crippen LogP contribution in [0.5, 0.6) is 0 Å². The molecule has 0 N–H and O–H groups in total. The Morgan fingerprint density at radius 2 is 2.42 bits per heavy atom. The van der Waals surface area contributed by atoms with Crippen molar-refractivity contribution in [2.75, 3.05) is 12.9 Å². The van der Waals surface area contributed by atoms with Crippen LogP contribution in [-0.4, -0.2) is 25.1 Å². The summed E-state index contributed by atoms with van der Waals surface area (Å²) in [7, 11) is 0. The Morgan fingerprint density at radius 1 is 1.75 bits per heavy atom. The Morgan fingerprint density at radius 3 is 2.92 bits per heavy atom. The third-order valence-corrected chi connectivity index (χ3v) is 2.67. The van der Waals surface area contributed by atoms with E-state index in [9.17, 15) is 4.79 Å². The molecule has 0 saturated carbocycles. The molecule has 0 spiro atoms. The smallest absolute Gasteiger partial charge is 0.353 e. The number of ether oxygens (including phenoxy) is 2. The maximum atomic E-state index is 10.9. The number of esters is 1. The van der Waals surface area contributed by atoms with Gasteiger partial charge in [-0.3, -0.25) is 0 Å². The van der Waals surface area contributed by atoms with Crippen molar-refractivity contribution in [1.82, 2.24) is 0 Å². The van der Waals surface area contributed by atoms with Crippen LogP contribution in [0.4, 0.5) is 0 Å². The number of rotatable bonds is 3. The SMILES string of the molecule is CCOC1OC(=O)C(Cl)=C1SC. The summed E-state index contributed by atoms with van der Waals surface area (Å²) in [6.07, 6.45) is 1.23. The first-order valence-corrected chi connectivity index (χ1v) is 5.07. The summed E-state index contributed by atoms with van der Waals surface area (Å²) >= 11 is 7.03. The summed E-state index contributed by atoms with van der Waals surface area (Å²) in [6.45, 7) is 2.32. The highest BCUT2D eigenvalue weighted by molar-refractivity contribution is 8.02. The predicted octanol–water partition coefficient (Wildman–Crippen LogP) is 1.72. The number of hydrogen-bond acceptors (Lipinski definition) is 4. The van der Waals surface area contributed by atoms with Crippen molar-refractivity contribution >= 4 is 29.3 Å². The van der Waals surface area contributed by atoms with Crippen molar-refractivity contribution in [3.8, 4) is 0 Å². The molecule has 1 unspecified atom stereocenters. The van der Waals surface area contributed by atoms with Gasteiger partial charge in [-0.25, -0.2) is 4.79 Å². The molecule has 0 saturated heterocycles. The van der Waals surface area contributed by atoms with Gasteiger partial charge in [-0.05, 0) is 13.2 Å². The molecule has 1 aliphatic rings. The minimum atomic E-state index is -0.593. The van der Waals surface area contributed by atoms with Crippen molar-refractivity contribution in [1.29, 1.82) is 0 Å². The first-order chi connectivity index (χ1) is 5.70. The molecule has 12 heavy (non-hydrogen) atoms. The molecule has 3 nitrogen and oxygen atoms in total. The number of carbonyl (C=O) groups is 1. The first-order valence-electron chi connectivity index (χ1n) is 3.47. The van der Waals surface area contributed by atoms with Crippen LogP contribution in [-0.2, 0) is 14.3 Å². The third-order valence-electron chi connectivity index (χ3n) is 1.36. The Hall–Kier alpha value is -0.190. The second-order valence-electron chi connectivity index (χ2n) is 2.07. The Kier molecular flexibility index (Phi) is 3.43. The highest BCUT2D eigenvalue weighted by Crippen LogP contribution is 2.33. The summed E-state index contributed by atoms with van der Waals surface area (Å²) in [6, 6.07) is 0. The van der Waals surface area contributed by atoms with Crippen molar-refractivity contribution in [3.05, 3.63) is 9.94 Å². The van der Waals surface area contributed by atoms with Gasteiger partial charge in [0, 0.05) is 6.61 Å². The molecule has 5 heteroatoms. The van der Waals surface area contributed by atoms with Crippen LogP contribution < -0.4 is 0 Å². The lowest BCUT2D eigenvalue weighted by molar-refractivity contribution is -0.157. The molecule has 0 fully saturated rings. The minimum absolute atomic E-state index is 0.140. The maximum absolute atomic E-state index is 10.9. The number of cyclic esters (lactones) is 1. The van der Waals surface area contributed by atoms with Crippen LogP contribution in [0, 0.1) is 0 Å². The van der Waals surface area contributed by atoms with Crippen LogP contribution in [0.3, 0.4) is 0 Å². The van der Waals surface area contributed by atoms with Gasteiger partial charge < -0.3 is 9.47 Å². The standard InChI is InChI=1S/C7H9ClO3S/c1-3-10-7-5(12-2)4(8)6(9)11-7/h7H,3H2,1-2H3. The number of carbonyl (C=O) groups excluding carboxylic acids is 1. The molecule has 0 aromatic heterocycles. The highest BCUT2D eigenvalue weighted by Gasteiger charge is 2.33. The minimum Gasteiger partial charge on any atom is -0.426 e. The monoisotopic (exact) mass is 208 g/mol. The van der Waals surface area contributed by atoms with Crippen molar-refractivity contribution < 1.29 is 14.3 Å². The third kappa shape index (κ3) is 1.76. The van der Waals surface area contributed by atoms with Crippen LogP contribution in [0.25, 0.3) is 0 Å². The number of thioether (sulfide) groups is 1. The Labute approximate surface area is 80.0 Å². The van der Waals surface area contributed by atoms with Crippen LogP contribution in [0.2, 0.25) is 0 Å². The lowest BCUT2D eigenvalue weighted by Crippen LogP contribution is -2.14. The van der Waals surface area contributed by atoms with E-state index in [4.69, 9.17) is 21.1 Å².